The summed E-state index contributed by atoms with van der Waals surface area (Å²) in [5, 5.41) is 4.11. The Morgan fingerprint density at radius 2 is 2.05 bits per heavy atom. The van der Waals surface area contributed by atoms with Crippen LogP contribution < -0.4 is 5.43 Å². The van der Waals surface area contributed by atoms with Gasteiger partial charge in [-0.3, -0.25) is 9.59 Å². The Balaban J connectivity index is 2.07. The van der Waals surface area contributed by atoms with Gasteiger partial charge in [-0.05, 0) is 31.7 Å². The number of carbonyl (C=O) groups excluding carboxylic acids is 2. The average molecular weight is 276 g/mol. The molecule has 1 aromatic rings. The lowest BCUT2D eigenvalue weighted by Crippen LogP contribution is -2.31. The highest BCUT2D eigenvalue weighted by atomic mass is 16.3. The minimum atomic E-state index is -0.303. The van der Waals surface area contributed by atoms with Crippen molar-refractivity contribution in [3.63, 3.8) is 0 Å². The summed E-state index contributed by atoms with van der Waals surface area (Å²) in [5.74, 6) is 1.13. The van der Waals surface area contributed by atoms with E-state index in [0.717, 1.165) is 12.1 Å². The van der Waals surface area contributed by atoms with Gasteiger partial charge in [0.1, 0.15) is 17.3 Å². The number of furan rings is 1. The van der Waals surface area contributed by atoms with Crippen molar-refractivity contribution in [2.75, 3.05) is 0 Å². The van der Waals surface area contributed by atoms with Crippen LogP contribution in [0.5, 0.6) is 0 Å². The van der Waals surface area contributed by atoms with Gasteiger partial charge in [0, 0.05) is 18.6 Å². The molecule has 0 saturated heterocycles. The van der Waals surface area contributed by atoms with Crippen LogP contribution in [-0.2, 0) is 4.79 Å². The molecule has 1 heterocycles. The lowest BCUT2D eigenvalue weighted by molar-refractivity contribution is -0.120. The van der Waals surface area contributed by atoms with E-state index in [-0.39, 0.29) is 17.1 Å². The summed E-state index contributed by atoms with van der Waals surface area (Å²) in [6.45, 7) is 7.59. The topological polar surface area (TPSA) is 71.7 Å². The van der Waals surface area contributed by atoms with Crippen molar-refractivity contribution in [2.24, 2.45) is 10.5 Å². The zero-order valence-electron chi connectivity index (χ0n) is 12.4. The molecular weight excluding hydrogens is 256 g/mol. The summed E-state index contributed by atoms with van der Waals surface area (Å²) >= 11 is 0. The largest absolute Gasteiger partial charge is 0.466 e. The van der Waals surface area contributed by atoms with Crippen molar-refractivity contribution in [2.45, 2.75) is 47.0 Å². The number of carbonyl (C=O) groups is 2. The SMILES string of the molecule is Cc1cc(C(=O)N/N=C2/CC(=O)CC(C)(C)C2)c(C)o1. The van der Waals surface area contributed by atoms with E-state index in [1.165, 1.54) is 0 Å². The van der Waals surface area contributed by atoms with E-state index >= 15 is 0 Å². The lowest BCUT2D eigenvalue weighted by Gasteiger charge is -2.28. The second-order valence-electron chi connectivity index (χ2n) is 6.18. The number of amides is 1. The second-order valence-corrected chi connectivity index (χ2v) is 6.18. The quantitative estimate of drug-likeness (QED) is 0.844. The van der Waals surface area contributed by atoms with Crippen molar-refractivity contribution < 1.29 is 14.0 Å². The second kappa shape index (κ2) is 5.23. The summed E-state index contributed by atoms with van der Waals surface area (Å²) in [4.78, 5) is 23.7. The summed E-state index contributed by atoms with van der Waals surface area (Å²) in [6, 6.07) is 1.68. The molecule has 0 radical (unpaired) electrons. The molecule has 0 aliphatic heterocycles. The number of nitrogens with one attached hydrogen (secondary N) is 1. The maximum atomic E-state index is 12.0. The summed E-state index contributed by atoms with van der Waals surface area (Å²) in [5.41, 5.74) is 3.65. The first-order valence-corrected chi connectivity index (χ1v) is 6.71. The highest BCUT2D eigenvalue weighted by Crippen LogP contribution is 2.31. The first-order chi connectivity index (χ1) is 9.27. The normalized spacial score (nSPS) is 20.2. The van der Waals surface area contributed by atoms with Crippen LogP contribution in [0.3, 0.4) is 0 Å². The van der Waals surface area contributed by atoms with Gasteiger partial charge in [-0.25, -0.2) is 5.43 Å². The molecule has 1 saturated carbocycles. The molecular formula is C15H20N2O3. The number of hydrogen-bond donors (Lipinski definition) is 1. The van der Waals surface area contributed by atoms with Crippen LogP contribution in [0.4, 0.5) is 0 Å². The van der Waals surface area contributed by atoms with Crippen molar-refractivity contribution >= 4 is 17.4 Å². The molecule has 1 aliphatic carbocycles. The fourth-order valence-electron chi connectivity index (χ4n) is 2.63. The Morgan fingerprint density at radius 3 is 2.60 bits per heavy atom. The molecule has 1 amide bonds. The van der Waals surface area contributed by atoms with Crippen LogP contribution in [0.2, 0.25) is 0 Å². The van der Waals surface area contributed by atoms with Crippen molar-refractivity contribution in [1.82, 2.24) is 5.43 Å². The number of ketones is 1. The highest BCUT2D eigenvalue weighted by molar-refractivity contribution is 6.05. The molecule has 0 unspecified atom stereocenters. The fraction of sp³-hybridized carbons (Fsp3) is 0.533. The Kier molecular flexibility index (Phi) is 3.79. The summed E-state index contributed by atoms with van der Waals surface area (Å²) in [7, 11) is 0. The maximum absolute atomic E-state index is 12.0. The standard InChI is InChI=1S/C15H20N2O3/c1-9-5-13(10(2)20-9)14(19)17-16-11-6-12(18)8-15(3,4)7-11/h5H,6-8H2,1-4H3,(H,17,19)/b16-11-. The third-order valence-corrected chi connectivity index (χ3v) is 3.36. The zero-order chi connectivity index (χ0) is 14.9. The van der Waals surface area contributed by atoms with E-state index in [4.69, 9.17) is 4.42 Å². The van der Waals surface area contributed by atoms with Crippen molar-refractivity contribution in [1.29, 1.82) is 0 Å². The van der Waals surface area contributed by atoms with Gasteiger partial charge >= 0.3 is 0 Å². The average Bonchev–Trinajstić information content (AvgIpc) is 2.63. The van der Waals surface area contributed by atoms with Gasteiger partial charge in [-0.1, -0.05) is 13.8 Å². The number of rotatable bonds is 2. The molecule has 1 aromatic heterocycles. The van der Waals surface area contributed by atoms with Crippen molar-refractivity contribution in [3.05, 3.63) is 23.2 Å². The van der Waals surface area contributed by atoms with E-state index < -0.39 is 0 Å². The predicted octanol–water partition coefficient (Wildman–Crippen LogP) is 2.76. The zero-order valence-corrected chi connectivity index (χ0v) is 12.4. The molecule has 0 atom stereocenters. The van der Waals surface area contributed by atoms with Crippen LogP contribution in [0.25, 0.3) is 0 Å². The number of nitrogens with zero attached hydrogens (tertiary/aromatic N) is 1. The Hall–Kier alpha value is -1.91. The van der Waals surface area contributed by atoms with Gasteiger partial charge in [0.05, 0.1) is 5.56 Å². The molecule has 20 heavy (non-hydrogen) atoms. The van der Waals surface area contributed by atoms with E-state index in [1.54, 1.807) is 19.9 Å². The Morgan fingerprint density at radius 1 is 1.35 bits per heavy atom. The summed E-state index contributed by atoms with van der Waals surface area (Å²) < 4.78 is 5.31. The third-order valence-electron chi connectivity index (χ3n) is 3.36. The van der Waals surface area contributed by atoms with Gasteiger partial charge in [0.15, 0.2) is 0 Å². The Labute approximate surface area is 118 Å². The smallest absolute Gasteiger partial charge is 0.274 e. The van der Waals surface area contributed by atoms with Gasteiger partial charge in [0.25, 0.3) is 5.91 Å². The minimum absolute atomic E-state index is 0.0823. The van der Waals surface area contributed by atoms with Gasteiger partial charge in [-0.2, -0.15) is 5.10 Å². The number of hydrazone groups is 1. The van der Waals surface area contributed by atoms with Crippen LogP contribution >= 0.6 is 0 Å². The molecule has 1 aliphatic rings. The van der Waals surface area contributed by atoms with Crippen LogP contribution in [0, 0.1) is 19.3 Å². The molecule has 5 heteroatoms. The maximum Gasteiger partial charge on any atom is 0.274 e. The molecule has 0 aromatic carbocycles. The first-order valence-electron chi connectivity index (χ1n) is 6.71. The van der Waals surface area contributed by atoms with Crippen molar-refractivity contribution in [3.8, 4) is 0 Å². The Bertz CT molecular complexity index is 582. The molecule has 5 nitrogen and oxygen atoms in total. The number of aryl methyl sites for hydroxylation is 2. The van der Waals surface area contributed by atoms with E-state index in [1.807, 2.05) is 13.8 Å². The third kappa shape index (κ3) is 3.35. The predicted molar refractivity (Wildman–Crippen MR) is 75.7 cm³/mol. The molecule has 0 bridgehead atoms. The van der Waals surface area contributed by atoms with Crippen LogP contribution in [0.1, 0.15) is 55.0 Å². The summed E-state index contributed by atoms with van der Waals surface area (Å²) in [6.07, 6.45) is 1.62. The van der Waals surface area contributed by atoms with Crippen LogP contribution in [-0.4, -0.2) is 17.4 Å². The van der Waals surface area contributed by atoms with E-state index in [9.17, 15) is 9.59 Å². The highest BCUT2D eigenvalue weighted by Gasteiger charge is 2.30. The minimum Gasteiger partial charge on any atom is -0.466 e. The molecule has 1 N–H and O–H groups in total. The number of hydrogen-bond acceptors (Lipinski definition) is 4. The van der Waals surface area contributed by atoms with Gasteiger partial charge in [0.2, 0.25) is 0 Å². The fourth-order valence-corrected chi connectivity index (χ4v) is 2.63. The lowest BCUT2D eigenvalue weighted by atomic mass is 9.76. The molecule has 108 valence electrons. The van der Waals surface area contributed by atoms with Gasteiger partial charge in [-0.15, -0.1) is 0 Å². The molecule has 0 spiro atoms. The van der Waals surface area contributed by atoms with Gasteiger partial charge < -0.3 is 4.42 Å². The van der Waals surface area contributed by atoms with E-state index in [0.29, 0.717) is 29.9 Å². The van der Waals surface area contributed by atoms with Crippen LogP contribution in [0.15, 0.2) is 15.6 Å². The first kappa shape index (κ1) is 14.5. The molecule has 2 rings (SSSR count). The number of Topliss-reactive ketones (excluding diaryl/α,β-unsaturated/α-hetero) is 1. The van der Waals surface area contributed by atoms with E-state index in [2.05, 4.69) is 10.5 Å². The monoisotopic (exact) mass is 276 g/mol. The molecule has 1 fully saturated rings.